The lowest BCUT2D eigenvalue weighted by Crippen LogP contribution is -2.05. The molecule has 0 aliphatic carbocycles. The molecular weight excluding hydrogens is 273 g/mol. The van der Waals surface area contributed by atoms with Crippen LogP contribution >= 0.6 is 11.6 Å². The molecule has 1 aromatic carbocycles. The molecule has 1 aromatic heterocycles. The summed E-state index contributed by atoms with van der Waals surface area (Å²) < 4.78 is 18.5. The summed E-state index contributed by atoms with van der Waals surface area (Å²) in [4.78, 5) is 14.6. The number of aromatic nitrogens is 1. The monoisotopic (exact) mass is 281 g/mol. The fourth-order valence-corrected chi connectivity index (χ4v) is 1.52. The maximum atomic E-state index is 13.2. The smallest absolute Gasteiger partial charge is 0.354 e. The summed E-state index contributed by atoms with van der Waals surface area (Å²) in [5.41, 5.74) is 0.374. The Morgan fingerprint density at radius 1 is 1.37 bits per heavy atom. The first-order chi connectivity index (χ1) is 9.06. The quantitative estimate of drug-likeness (QED) is 0.935. The van der Waals surface area contributed by atoms with Crippen LogP contribution < -0.4 is 4.74 Å². The van der Waals surface area contributed by atoms with Gasteiger partial charge in [0.05, 0.1) is 10.7 Å². The Morgan fingerprint density at radius 3 is 2.84 bits per heavy atom. The van der Waals surface area contributed by atoms with Gasteiger partial charge >= 0.3 is 5.97 Å². The normalized spacial score (nSPS) is 10.2. The minimum absolute atomic E-state index is 0.0124. The second-order valence-corrected chi connectivity index (χ2v) is 4.09. The van der Waals surface area contributed by atoms with Crippen molar-refractivity contribution in [1.82, 2.24) is 4.98 Å². The van der Waals surface area contributed by atoms with Gasteiger partial charge in [-0.3, -0.25) is 0 Å². The molecule has 0 radical (unpaired) electrons. The zero-order valence-electron chi connectivity index (χ0n) is 9.64. The summed E-state index contributed by atoms with van der Waals surface area (Å²) >= 11 is 5.55. The lowest BCUT2D eigenvalue weighted by Gasteiger charge is -2.06. The van der Waals surface area contributed by atoms with E-state index in [0.29, 0.717) is 11.4 Å². The number of ether oxygens (including phenoxy) is 1. The molecule has 6 heteroatoms. The van der Waals surface area contributed by atoms with Gasteiger partial charge in [0.2, 0.25) is 0 Å². The summed E-state index contributed by atoms with van der Waals surface area (Å²) in [5, 5.41) is 8.81. The molecule has 98 valence electrons. The molecule has 0 fully saturated rings. The number of benzene rings is 1. The molecule has 0 aliphatic heterocycles. The van der Waals surface area contributed by atoms with Crippen molar-refractivity contribution in [2.75, 3.05) is 0 Å². The van der Waals surface area contributed by atoms with E-state index in [4.69, 9.17) is 21.4 Å². The number of hydrogen-bond donors (Lipinski definition) is 1. The zero-order chi connectivity index (χ0) is 13.8. The average Bonchev–Trinajstić information content (AvgIpc) is 2.40. The summed E-state index contributed by atoms with van der Waals surface area (Å²) in [7, 11) is 0. The highest BCUT2D eigenvalue weighted by molar-refractivity contribution is 6.30. The number of carboxylic acid groups (broad SMARTS) is 1. The number of carbonyl (C=O) groups is 1. The number of carboxylic acids is 1. The molecule has 0 atom stereocenters. The van der Waals surface area contributed by atoms with E-state index < -0.39 is 11.8 Å². The summed E-state index contributed by atoms with van der Waals surface area (Å²) in [5.74, 6) is -1.39. The first-order valence-electron chi connectivity index (χ1n) is 5.33. The third kappa shape index (κ3) is 3.42. The van der Waals surface area contributed by atoms with E-state index >= 15 is 0 Å². The van der Waals surface area contributed by atoms with Gasteiger partial charge in [0.15, 0.2) is 0 Å². The maximum Gasteiger partial charge on any atom is 0.354 e. The van der Waals surface area contributed by atoms with E-state index in [1.165, 1.54) is 18.2 Å². The topological polar surface area (TPSA) is 59.4 Å². The van der Waals surface area contributed by atoms with Crippen molar-refractivity contribution >= 4 is 17.6 Å². The highest BCUT2D eigenvalue weighted by Gasteiger charge is 2.06. The van der Waals surface area contributed by atoms with Crippen LogP contribution in [0.2, 0.25) is 5.02 Å². The molecule has 19 heavy (non-hydrogen) atoms. The molecule has 0 unspecified atom stereocenters. The molecule has 0 saturated heterocycles. The number of hydrogen-bond acceptors (Lipinski definition) is 3. The van der Waals surface area contributed by atoms with Gasteiger partial charge in [-0.05, 0) is 24.3 Å². The molecule has 4 nitrogen and oxygen atoms in total. The van der Waals surface area contributed by atoms with Crippen molar-refractivity contribution < 1.29 is 19.0 Å². The predicted molar refractivity (Wildman–Crippen MR) is 66.9 cm³/mol. The van der Waals surface area contributed by atoms with Gasteiger partial charge in [0, 0.05) is 6.07 Å². The molecule has 0 saturated carbocycles. The van der Waals surface area contributed by atoms with Gasteiger partial charge in [0.1, 0.15) is 23.9 Å². The molecule has 2 rings (SSSR count). The average molecular weight is 282 g/mol. The van der Waals surface area contributed by atoms with Crippen LogP contribution in [0.1, 0.15) is 16.2 Å². The summed E-state index contributed by atoms with van der Waals surface area (Å²) in [6.07, 6.45) is 0. The fraction of sp³-hybridized carbons (Fsp3) is 0.0769. The minimum Gasteiger partial charge on any atom is -0.487 e. The largest absolute Gasteiger partial charge is 0.487 e. The third-order valence-electron chi connectivity index (χ3n) is 2.30. The van der Waals surface area contributed by atoms with Crippen LogP contribution in [0, 0.1) is 5.82 Å². The molecule has 0 aliphatic rings. The molecular formula is C13H9ClFNO3. The number of aromatic carboxylic acids is 1. The number of rotatable bonds is 4. The number of pyridine rings is 1. The third-order valence-corrected chi connectivity index (χ3v) is 2.61. The molecule has 0 bridgehead atoms. The van der Waals surface area contributed by atoms with E-state index in [-0.39, 0.29) is 17.3 Å². The first kappa shape index (κ1) is 13.3. The van der Waals surface area contributed by atoms with Crippen LogP contribution in [0.5, 0.6) is 5.75 Å². The highest BCUT2D eigenvalue weighted by Crippen LogP contribution is 2.21. The Kier molecular flexibility index (Phi) is 3.97. The van der Waals surface area contributed by atoms with Gasteiger partial charge in [-0.15, -0.1) is 0 Å². The Labute approximate surface area is 113 Å². The van der Waals surface area contributed by atoms with Crippen LogP contribution in [0.15, 0.2) is 36.4 Å². The Bertz CT molecular complexity index is 619. The van der Waals surface area contributed by atoms with Crippen LogP contribution in [0.25, 0.3) is 0 Å². The van der Waals surface area contributed by atoms with E-state index in [1.807, 2.05) is 0 Å². The fourth-order valence-electron chi connectivity index (χ4n) is 1.40. The second-order valence-electron chi connectivity index (χ2n) is 3.68. The van der Waals surface area contributed by atoms with E-state index in [0.717, 1.165) is 6.07 Å². The maximum absolute atomic E-state index is 13.2. The summed E-state index contributed by atoms with van der Waals surface area (Å²) in [6, 6.07) is 8.63. The van der Waals surface area contributed by atoms with Crippen LogP contribution in [-0.2, 0) is 6.61 Å². The zero-order valence-corrected chi connectivity index (χ0v) is 10.4. The molecule has 2 aromatic rings. The van der Waals surface area contributed by atoms with E-state index in [1.54, 1.807) is 12.1 Å². The van der Waals surface area contributed by atoms with Crippen LogP contribution in [-0.4, -0.2) is 16.1 Å². The van der Waals surface area contributed by atoms with Gasteiger partial charge in [-0.1, -0.05) is 17.7 Å². The number of halogens is 2. The lowest BCUT2D eigenvalue weighted by molar-refractivity contribution is 0.0690. The van der Waals surface area contributed by atoms with Gasteiger partial charge in [0.25, 0.3) is 0 Å². The molecule has 1 heterocycles. The van der Waals surface area contributed by atoms with Crippen LogP contribution in [0.3, 0.4) is 0 Å². The predicted octanol–water partition coefficient (Wildman–Crippen LogP) is 3.15. The standard InChI is InChI=1S/C13H9ClFNO3/c14-10-5-4-9(6-11(10)15)19-7-8-2-1-3-12(16-8)13(17)18/h1-6H,7H2,(H,17,18). The first-order valence-corrected chi connectivity index (χ1v) is 5.71. The van der Waals surface area contributed by atoms with Crippen LogP contribution in [0.4, 0.5) is 4.39 Å². The van der Waals surface area contributed by atoms with Gasteiger partial charge < -0.3 is 9.84 Å². The molecule has 1 N–H and O–H groups in total. The van der Waals surface area contributed by atoms with E-state index in [2.05, 4.69) is 4.98 Å². The van der Waals surface area contributed by atoms with Crippen molar-refractivity contribution in [2.45, 2.75) is 6.61 Å². The highest BCUT2D eigenvalue weighted by atomic mass is 35.5. The second kappa shape index (κ2) is 5.67. The van der Waals surface area contributed by atoms with E-state index in [9.17, 15) is 9.18 Å². The van der Waals surface area contributed by atoms with Crippen molar-refractivity contribution in [3.63, 3.8) is 0 Å². The Morgan fingerprint density at radius 2 is 2.16 bits per heavy atom. The van der Waals surface area contributed by atoms with Crippen molar-refractivity contribution in [3.05, 3.63) is 58.6 Å². The van der Waals surface area contributed by atoms with Gasteiger partial charge in [-0.25, -0.2) is 14.2 Å². The Balaban J connectivity index is 2.07. The van der Waals surface area contributed by atoms with Gasteiger partial charge in [-0.2, -0.15) is 0 Å². The molecule has 0 amide bonds. The lowest BCUT2D eigenvalue weighted by atomic mass is 10.3. The van der Waals surface area contributed by atoms with Crippen molar-refractivity contribution in [2.24, 2.45) is 0 Å². The SMILES string of the molecule is O=C(O)c1cccc(COc2ccc(Cl)c(F)c2)n1. The van der Waals surface area contributed by atoms with Crippen molar-refractivity contribution in [1.29, 1.82) is 0 Å². The summed E-state index contributed by atoms with van der Waals surface area (Å²) in [6.45, 7) is 0.0438. The van der Waals surface area contributed by atoms with Crippen molar-refractivity contribution in [3.8, 4) is 5.75 Å². The minimum atomic E-state index is -1.11. The Hall–Kier alpha value is -2.14. The number of nitrogens with zero attached hydrogens (tertiary/aromatic N) is 1. The molecule has 0 spiro atoms.